The zero-order valence-electron chi connectivity index (χ0n) is 22.8. The van der Waals surface area contributed by atoms with Crippen LogP contribution in [0.3, 0.4) is 0 Å². The molecule has 0 saturated heterocycles. The fourth-order valence-corrected chi connectivity index (χ4v) is 5.87. The molecule has 8 nitrogen and oxygen atoms in total. The van der Waals surface area contributed by atoms with Gasteiger partial charge in [-0.2, -0.15) is 5.26 Å². The summed E-state index contributed by atoms with van der Waals surface area (Å²) in [6, 6.07) is 19.0. The summed E-state index contributed by atoms with van der Waals surface area (Å²) < 4.78 is 1.85. The number of nitriles is 1. The Morgan fingerprint density at radius 2 is 1.88 bits per heavy atom. The molecule has 40 heavy (non-hydrogen) atoms. The number of aryl methyl sites for hydroxylation is 1. The molecule has 2 aromatic carbocycles. The first kappa shape index (κ1) is 24.7. The lowest BCUT2D eigenvalue weighted by molar-refractivity contribution is 0.0995. The maximum Gasteiger partial charge on any atom is 0.260 e. The van der Waals surface area contributed by atoms with Crippen LogP contribution in [-0.2, 0) is 20.1 Å². The van der Waals surface area contributed by atoms with Crippen molar-refractivity contribution in [2.24, 2.45) is 7.05 Å². The van der Waals surface area contributed by atoms with Gasteiger partial charge in [0.05, 0.1) is 18.2 Å². The van der Waals surface area contributed by atoms with Crippen LogP contribution in [0.2, 0.25) is 0 Å². The molecule has 2 saturated carbocycles. The molecule has 0 radical (unpaired) electrons. The van der Waals surface area contributed by atoms with Crippen LogP contribution in [0.15, 0.2) is 54.9 Å². The van der Waals surface area contributed by atoms with E-state index in [0.717, 1.165) is 52.9 Å². The van der Waals surface area contributed by atoms with Gasteiger partial charge < -0.3 is 4.57 Å². The lowest BCUT2D eigenvalue weighted by atomic mass is 9.91. The minimum Gasteiger partial charge on any atom is -0.317 e. The summed E-state index contributed by atoms with van der Waals surface area (Å²) in [7, 11) is 4.07. The van der Waals surface area contributed by atoms with Crippen molar-refractivity contribution in [2.45, 2.75) is 57.2 Å². The van der Waals surface area contributed by atoms with Crippen LogP contribution in [0.5, 0.6) is 0 Å². The van der Waals surface area contributed by atoms with E-state index in [2.05, 4.69) is 52.5 Å². The second-order valence-electron chi connectivity index (χ2n) is 11.4. The van der Waals surface area contributed by atoms with E-state index in [4.69, 9.17) is 4.98 Å². The molecule has 200 valence electrons. The van der Waals surface area contributed by atoms with Gasteiger partial charge in [0.2, 0.25) is 0 Å². The molecule has 3 heterocycles. The second kappa shape index (κ2) is 9.68. The Balaban J connectivity index is 1.26. The molecule has 0 bridgehead atoms. The first-order valence-electron chi connectivity index (χ1n) is 14.0. The summed E-state index contributed by atoms with van der Waals surface area (Å²) >= 11 is 0. The molecule has 2 fully saturated rings. The van der Waals surface area contributed by atoms with E-state index in [-0.39, 0.29) is 5.91 Å². The fourth-order valence-electron chi connectivity index (χ4n) is 5.87. The smallest absolute Gasteiger partial charge is 0.260 e. The molecular weight excluding hydrogens is 498 g/mol. The lowest BCUT2D eigenvalue weighted by Crippen LogP contribution is -2.36. The quantitative estimate of drug-likeness (QED) is 0.317. The summed E-state index contributed by atoms with van der Waals surface area (Å²) in [5.41, 5.74) is 7.28. The molecule has 0 unspecified atom stereocenters. The normalized spacial score (nSPS) is 16.8. The van der Waals surface area contributed by atoms with Crippen LogP contribution in [0, 0.1) is 11.3 Å². The van der Waals surface area contributed by atoms with E-state index >= 15 is 0 Å². The maximum atomic E-state index is 13.8. The molecule has 8 heteroatoms. The molecule has 7 rings (SSSR count). The van der Waals surface area contributed by atoms with Crippen molar-refractivity contribution >= 4 is 11.7 Å². The standard InChI is InChI=1S/C32H31N7O/c1-37(25-4-3-5-25)17-21-6-8-23-18-39(32(40)27(23)13-21)30-15-24(14-29(35-30)22-9-10-22)26-11-7-20(16-33)12-28(26)31-36-34-19-38(31)2/h6-8,11-15,19,22,25H,3-5,9-10,17-18H2,1-2H3. The van der Waals surface area contributed by atoms with Crippen molar-refractivity contribution in [3.8, 4) is 28.6 Å². The van der Waals surface area contributed by atoms with Crippen molar-refractivity contribution in [2.75, 3.05) is 11.9 Å². The van der Waals surface area contributed by atoms with Gasteiger partial charge in [0, 0.05) is 42.4 Å². The minimum absolute atomic E-state index is 0.00268. The molecular formula is C32H31N7O. The zero-order chi connectivity index (χ0) is 27.4. The Morgan fingerprint density at radius 3 is 2.58 bits per heavy atom. The number of amides is 1. The molecule has 2 aliphatic carbocycles. The number of fused-ring (bicyclic) bond motifs is 1. The molecule has 1 aliphatic heterocycles. The van der Waals surface area contributed by atoms with Gasteiger partial charge in [0.25, 0.3) is 5.91 Å². The number of benzene rings is 2. The SMILES string of the molecule is CN(Cc1ccc2c(c1)C(=O)N(c1cc(-c3ccc(C#N)cc3-c3nncn3C)cc(C3CC3)n1)C2)C1CCC1. The number of rotatable bonds is 7. The van der Waals surface area contributed by atoms with E-state index in [9.17, 15) is 10.1 Å². The van der Waals surface area contributed by atoms with Crippen LogP contribution in [0.25, 0.3) is 22.5 Å². The molecule has 4 aromatic rings. The van der Waals surface area contributed by atoms with Crippen molar-refractivity contribution in [3.63, 3.8) is 0 Å². The Morgan fingerprint density at radius 1 is 1.02 bits per heavy atom. The molecule has 0 atom stereocenters. The summed E-state index contributed by atoms with van der Waals surface area (Å²) in [4.78, 5) is 23.0. The fraction of sp³-hybridized carbons (Fsp3) is 0.344. The van der Waals surface area contributed by atoms with Gasteiger partial charge in [-0.3, -0.25) is 14.6 Å². The highest BCUT2D eigenvalue weighted by Crippen LogP contribution is 2.43. The Kier molecular flexibility index (Phi) is 5.97. The first-order valence-corrected chi connectivity index (χ1v) is 14.0. The second-order valence-corrected chi connectivity index (χ2v) is 11.4. The van der Waals surface area contributed by atoms with Gasteiger partial charge in [-0.25, -0.2) is 4.98 Å². The topological polar surface area (TPSA) is 90.9 Å². The molecule has 2 aromatic heterocycles. The maximum absolute atomic E-state index is 13.8. The van der Waals surface area contributed by atoms with Crippen LogP contribution < -0.4 is 4.90 Å². The number of anilines is 1. The molecule has 3 aliphatic rings. The van der Waals surface area contributed by atoms with Crippen LogP contribution in [0.1, 0.15) is 70.8 Å². The van der Waals surface area contributed by atoms with E-state index in [1.165, 1.54) is 24.8 Å². The molecule has 0 N–H and O–H groups in total. The predicted molar refractivity (Wildman–Crippen MR) is 152 cm³/mol. The van der Waals surface area contributed by atoms with Gasteiger partial charge in [-0.15, -0.1) is 10.2 Å². The third-order valence-corrected chi connectivity index (χ3v) is 8.62. The Labute approximate surface area is 233 Å². The lowest BCUT2D eigenvalue weighted by Gasteiger charge is -2.34. The molecule has 0 spiro atoms. The first-order chi connectivity index (χ1) is 19.5. The van der Waals surface area contributed by atoms with Gasteiger partial charge in [-0.05, 0) is 85.3 Å². The number of pyridine rings is 1. The number of hydrogen-bond acceptors (Lipinski definition) is 6. The summed E-state index contributed by atoms with van der Waals surface area (Å²) in [5.74, 6) is 1.76. The number of carbonyl (C=O) groups excluding carboxylic acids is 1. The summed E-state index contributed by atoms with van der Waals surface area (Å²) in [6.45, 7) is 1.37. The van der Waals surface area contributed by atoms with Gasteiger partial charge in [-0.1, -0.05) is 24.6 Å². The van der Waals surface area contributed by atoms with Crippen LogP contribution in [0.4, 0.5) is 5.82 Å². The predicted octanol–water partition coefficient (Wildman–Crippen LogP) is 5.44. The van der Waals surface area contributed by atoms with E-state index in [0.29, 0.717) is 35.7 Å². The highest BCUT2D eigenvalue weighted by Gasteiger charge is 2.33. The number of aromatic nitrogens is 4. The number of nitrogens with zero attached hydrogens (tertiary/aromatic N) is 7. The van der Waals surface area contributed by atoms with E-state index in [1.54, 1.807) is 6.33 Å². The van der Waals surface area contributed by atoms with Crippen LogP contribution in [-0.4, -0.2) is 43.6 Å². The Hall–Kier alpha value is -4.35. The molecule has 1 amide bonds. The highest BCUT2D eigenvalue weighted by atomic mass is 16.2. The van der Waals surface area contributed by atoms with E-state index in [1.807, 2.05) is 40.8 Å². The Bertz CT molecular complexity index is 1680. The summed E-state index contributed by atoms with van der Waals surface area (Å²) in [5, 5.41) is 18.0. The third-order valence-electron chi connectivity index (χ3n) is 8.62. The zero-order valence-corrected chi connectivity index (χ0v) is 22.8. The number of carbonyl (C=O) groups is 1. The summed E-state index contributed by atoms with van der Waals surface area (Å²) in [6.07, 6.45) is 7.69. The van der Waals surface area contributed by atoms with Crippen molar-refractivity contribution in [1.29, 1.82) is 5.26 Å². The van der Waals surface area contributed by atoms with Crippen molar-refractivity contribution < 1.29 is 4.79 Å². The van der Waals surface area contributed by atoms with E-state index < -0.39 is 0 Å². The number of hydrogen-bond donors (Lipinski definition) is 0. The average molecular weight is 530 g/mol. The third kappa shape index (κ3) is 4.37. The van der Waals surface area contributed by atoms with Gasteiger partial charge in [0.1, 0.15) is 12.1 Å². The average Bonchev–Trinajstić information content (AvgIpc) is 3.62. The van der Waals surface area contributed by atoms with Crippen LogP contribution >= 0.6 is 0 Å². The van der Waals surface area contributed by atoms with Gasteiger partial charge >= 0.3 is 0 Å². The largest absolute Gasteiger partial charge is 0.317 e. The van der Waals surface area contributed by atoms with Gasteiger partial charge in [0.15, 0.2) is 5.82 Å². The highest BCUT2D eigenvalue weighted by molar-refractivity contribution is 6.10. The van der Waals surface area contributed by atoms with Crippen molar-refractivity contribution in [1.82, 2.24) is 24.6 Å². The minimum atomic E-state index is 0.00268. The van der Waals surface area contributed by atoms with Crippen molar-refractivity contribution in [3.05, 3.63) is 82.8 Å². The monoisotopic (exact) mass is 529 g/mol.